The Labute approximate surface area is 178 Å². The molecule has 1 aromatic heterocycles. The Morgan fingerprint density at radius 1 is 1.16 bits per heavy atom. The first kappa shape index (κ1) is 20.2. The van der Waals surface area contributed by atoms with Gasteiger partial charge in [-0.15, -0.1) is 0 Å². The summed E-state index contributed by atoms with van der Waals surface area (Å²) in [6.45, 7) is 1.17. The molecule has 2 heterocycles. The average molecular weight is 420 g/mol. The molecule has 1 atom stereocenters. The number of ether oxygens (including phenoxy) is 1. The van der Waals surface area contributed by atoms with Crippen molar-refractivity contribution in [2.45, 2.75) is 18.9 Å². The Hall–Kier alpha value is -4.06. The number of amides is 1. The normalized spacial score (nSPS) is 16.0. The summed E-state index contributed by atoms with van der Waals surface area (Å²) in [6.07, 6.45) is 3.78. The number of rotatable bonds is 5. The van der Waals surface area contributed by atoms with Crippen LogP contribution in [0.15, 0.2) is 48.5 Å². The van der Waals surface area contributed by atoms with Crippen LogP contribution in [-0.2, 0) is 0 Å². The van der Waals surface area contributed by atoms with Gasteiger partial charge in [-0.3, -0.25) is 4.79 Å². The third-order valence-electron chi connectivity index (χ3n) is 5.25. The maximum Gasteiger partial charge on any atom is 0.254 e. The molecule has 1 aliphatic heterocycles. The minimum absolute atomic E-state index is 0.124. The first-order valence-electron chi connectivity index (χ1n) is 9.82. The van der Waals surface area contributed by atoms with Gasteiger partial charge in [0.2, 0.25) is 0 Å². The van der Waals surface area contributed by atoms with Gasteiger partial charge in [-0.05, 0) is 61.4 Å². The van der Waals surface area contributed by atoms with Crippen LogP contribution in [0, 0.1) is 17.3 Å². The van der Waals surface area contributed by atoms with Crippen LogP contribution in [-0.4, -0.2) is 33.7 Å². The predicted octanol–water partition coefficient (Wildman–Crippen LogP) is 3.28. The van der Waals surface area contributed by atoms with Crippen molar-refractivity contribution < 1.29 is 13.9 Å². The third-order valence-corrected chi connectivity index (χ3v) is 5.25. The number of primary amides is 1. The molecule has 4 N–H and O–H groups in total. The van der Waals surface area contributed by atoms with Crippen LogP contribution in [0.5, 0.6) is 11.5 Å². The number of halogens is 1. The molecule has 0 bridgehead atoms. The van der Waals surface area contributed by atoms with Gasteiger partial charge in [-0.1, -0.05) is 0 Å². The second-order valence-corrected chi connectivity index (χ2v) is 7.34. The van der Waals surface area contributed by atoms with Crippen molar-refractivity contribution in [1.29, 1.82) is 5.26 Å². The highest BCUT2D eigenvalue weighted by Crippen LogP contribution is 2.33. The summed E-state index contributed by atoms with van der Waals surface area (Å²) in [5.41, 5.74) is 13.0. The monoisotopic (exact) mass is 420 g/mol. The van der Waals surface area contributed by atoms with E-state index < -0.39 is 5.91 Å². The number of carbonyl (C=O) groups excluding carboxylic acids is 1. The Morgan fingerprint density at radius 2 is 1.81 bits per heavy atom. The van der Waals surface area contributed by atoms with Crippen LogP contribution >= 0.6 is 0 Å². The number of benzene rings is 2. The van der Waals surface area contributed by atoms with Gasteiger partial charge < -0.3 is 21.1 Å². The zero-order valence-corrected chi connectivity index (χ0v) is 16.7. The summed E-state index contributed by atoms with van der Waals surface area (Å²) in [7, 11) is 0. The summed E-state index contributed by atoms with van der Waals surface area (Å²) in [6, 6.07) is 12.5. The predicted molar refractivity (Wildman–Crippen MR) is 113 cm³/mol. The first-order chi connectivity index (χ1) is 15.0. The molecule has 3 aromatic rings. The highest BCUT2D eigenvalue weighted by Gasteiger charge is 2.28. The zero-order valence-electron chi connectivity index (χ0n) is 16.7. The van der Waals surface area contributed by atoms with E-state index in [4.69, 9.17) is 16.2 Å². The SMILES string of the molecule is N#CN1CCCC(n2nc(-c3ccc(Oc4ccc(F)cc4)cc3)c(C(N)=O)c2N)C1. The van der Waals surface area contributed by atoms with Crippen LogP contribution in [0.25, 0.3) is 11.3 Å². The number of likely N-dealkylation sites (tertiary alicyclic amines) is 1. The molecule has 0 spiro atoms. The van der Waals surface area contributed by atoms with E-state index in [0.717, 1.165) is 12.8 Å². The van der Waals surface area contributed by atoms with Crippen molar-refractivity contribution in [3.05, 3.63) is 59.9 Å². The largest absolute Gasteiger partial charge is 0.457 e. The lowest BCUT2D eigenvalue weighted by Gasteiger charge is -2.29. The van der Waals surface area contributed by atoms with Gasteiger partial charge in [0.15, 0.2) is 6.19 Å². The molecule has 0 saturated carbocycles. The molecule has 31 heavy (non-hydrogen) atoms. The first-order valence-corrected chi connectivity index (χ1v) is 9.82. The smallest absolute Gasteiger partial charge is 0.254 e. The van der Waals surface area contributed by atoms with Crippen molar-refractivity contribution in [3.8, 4) is 28.9 Å². The molecule has 1 aliphatic rings. The maximum absolute atomic E-state index is 13.0. The van der Waals surface area contributed by atoms with Crippen LogP contribution in [0.3, 0.4) is 0 Å². The highest BCUT2D eigenvalue weighted by molar-refractivity contribution is 6.03. The van der Waals surface area contributed by atoms with E-state index in [2.05, 4.69) is 11.3 Å². The molecule has 9 heteroatoms. The number of nitriles is 1. The van der Waals surface area contributed by atoms with Crippen LogP contribution in [0.1, 0.15) is 29.2 Å². The lowest BCUT2D eigenvalue weighted by Crippen LogP contribution is -2.34. The van der Waals surface area contributed by atoms with Gasteiger partial charge in [0.05, 0.1) is 12.6 Å². The van der Waals surface area contributed by atoms with E-state index in [0.29, 0.717) is 35.8 Å². The molecular formula is C22H21FN6O2. The van der Waals surface area contributed by atoms with E-state index >= 15 is 0 Å². The van der Waals surface area contributed by atoms with Gasteiger partial charge in [0, 0.05) is 12.1 Å². The minimum atomic E-state index is -0.668. The number of nitrogens with zero attached hydrogens (tertiary/aromatic N) is 4. The van der Waals surface area contributed by atoms with Gasteiger partial charge in [-0.2, -0.15) is 10.4 Å². The highest BCUT2D eigenvalue weighted by atomic mass is 19.1. The number of nitrogens with two attached hydrogens (primary N) is 2. The van der Waals surface area contributed by atoms with Gasteiger partial charge >= 0.3 is 0 Å². The van der Waals surface area contributed by atoms with E-state index in [1.807, 2.05) is 0 Å². The molecule has 158 valence electrons. The lowest BCUT2D eigenvalue weighted by molar-refractivity contribution is 0.100. The van der Waals surface area contributed by atoms with Crippen molar-refractivity contribution in [3.63, 3.8) is 0 Å². The van der Waals surface area contributed by atoms with E-state index in [9.17, 15) is 14.4 Å². The van der Waals surface area contributed by atoms with Crippen molar-refractivity contribution >= 4 is 11.7 Å². The number of piperidine rings is 1. The van der Waals surface area contributed by atoms with E-state index in [1.165, 1.54) is 24.3 Å². The molecule has 1 amide bonds. The number of hydrogen-bond donors (Lipinski definition) is 2. The standard InChI is InChI=1S/C22H21FN6O2/c23-15-5-9-18(10-6-15)31-17-7-3-14(4-8-17)20-19(22(26)30)21(25)29(27-20)16-2-1-11-28(12-16)13-24/h3-10,16H,1-2,11-12,25H2,(H2,26,30). The van der Waals surface area contributed by atoms with Gasteiger partial charge in [-0.25, -0.2) is 9.07 Å². The molecule has 0 radical (unpaired) electrons. The van der Waals surface area contributed by atoms with E-state index in [1.54, 1.807) is 33.8 Å². The number of carbonyl (C=O) groups is 1. The maximum atomic E-state index is 13.0. The molecule has 1 unspecified atom stereocenters. The van der Waals surface area contributed by atoms with Gasteiger partial charge in [0.25, 0.3) is 5.91 Å². The molecule has 0 aliphatic carbocycles. The quantitative estimate of drug-likeness (QED) is 0.611. The fourth-order valence-corrected chi connectivity index (χ4v) is 3.74. The molecular weight excluding hydrogens is 399 g/mol. The summed E-state index contributed by atoms with van der Waals surface area (Å²) in [5.74, 6) is 0.225. The number of anilines is 1. The second kappa shape index (κ2) is 8.36. The van der Waals surface area contributed by atoms with Crippen molar-refractivity contribution in [2.24, 2.45) is 5.73 Å². The third kappa shape index (κ3) is 4.14. The average Bonchev–Trinajstić information content (AvgIpc) is 3.13. The van der Waals surface area contributed by atoms with Gasteiger partial charge in [0.1, 0.15) is 34.4 Å². The van der Waals surface area contributed by atoms with Crippen molar-refractivity contribution in [1.82, 2.24) is 14.7 Å². The second-order valence-electron chi connectivity index (χ2n) is 7.34. The molecule has 4 rings (SSSR count). The molecule has 1 saturated heterocycles. The Kier molecular flexibility index (Phi) is 5.45. The fourth-order valence-electron chi connectivity index (χ4n) is 3.74. The Balaban J connectivity index is 1.63. The lowest BCUT2D eigenvalue weighted by atomic mass is 10.1. The fraction of sp³-hybridized carbons (Fsp3) is 0.227. The summed E-state index contributed by atoms with van der Waals surface area (Å²) in [5, 5.41) is 13.8. The molecule has 2 aromatic carbocycles. The minimum Gasteiger partial charge on any atom is -0.457 e. The van der Waals surface area contributed by atoms with Crippen LogP contribution in [0.2, 0.25) is 0 Å². The number of aromatic nitrogens is 2. The van der Waals surface area contributed by atoms with Crippen molar-refractivity contribution in [2.75, 3.05) is 18.8 Å². The summed E-state index contributed by atoms with van der Waals surface area (Å²) >= 11 is 0. The van der Waals surface area contributed by atoms with E-state index in [-0.39, 0.29) is 23.2 Å². The topological polar surface area (TPSA) is 123 Å². The summed E-state index contributed by atoms with van der Waals surface area (Å²) < 4.78 is 20.4. The molecule has 8 nitrogen and oxygen atoms in total. The zero-order chi connectivity index (χ0) is 22.0. The summed E-state index contributed by atoms with van der Waals surface area (Å²) in [4.78, 5) is 13.8. The number of hydrogen-bond acceptors (Lipinski definition) is 6. The number of nitrogen functional groups attached to an aromatic ring is 1. The Morgan fingerprint density at radius 3 is 2.42 bits per heavy atom. The van der Waals surface area contributed by atoms with Crippen LogP contribution in [0.4, 0.5) is 10.2 Å². The molecule has 1 fully saturated rings. The van der Waals surface area contributed by atoms with Crippen LogP contribution < -0.4 is 16.2 Å². The Bertz CT molecular complexity index is 1130.